The fraction of sp³-hybridized carbons (Fsp3) is 0.526. The Balaban J connectivity index is 1.23. The number of aliphatic hydroxyl groups excluding tert-OH is 1. The van der Waals surface area contributed by atoms with E-state index in [4.69, 9.17) is 4.74 Å². The van der Waals surface area contributed by atoms with E-state index < -0.39 is 6.10 Å². The summed E-state index contributed by atoms with van der Waals surface area (Å²) < 4.78 is 8.04. The molecule has 2 aromatic rings. The maximum absolute atomic E-state index is 10.3. The highest BCUT2D eigenvalue weighted by Crippen LogP contribution is 2.32. The molecule has 0 saturated carbocycles. The third-order valence-corrected chi connectivity index (χ3v) is 5.11. The largest absolute Gasteiger partial charge is 0.389 e. The van der Waals surface area contributed by atoms with Crippen molar-refractivity contribution in [3.8, 4) is 0 Å². The van der Waals surface area contributed by atoms with Gasteiger partial charge in [-0.2, -0.15) is 5.10 Å². The molecule has 0 radical (unpaired) electrons. The number of β-amino-alcohol motifs (C(OH)–C–C–N with tert-alkyl or cyclic N) is 1. The number of aryl methyl sites for hydroxylation is 1. The van der Waals surface area contributed by atoms with Gasteiger partial charge in [-0.3, -0.25) is 9.58 Å². The number of hydrogen-bond acceptors (Lipinski definition) is 4. The Morgan fingerprint density at radius 1 is 1.25 bits per heavy atom. The fourth-order valence-electron chi connectivity index (χ4n) is 3.82. The highest BCUT2D eigenvalue weighted by molar-refractivity contribution is 5.31. The molecule has 1 aliphatic carbocycles. The Bertz CT molecular complexity index is 652. The van der Waals surface area contributed by atoms with Crippen LogP contribution in [0.25, 0.3) is 0 Å². The van der Waals surface area contributed by atoms with Gasteiger partial charge in [0.2, 0.25) is 0 Å². The van der Waals surface area contributed by atoms with Crippen molar-refractivity contribution in [3.05, 3.63) is 53.9 Å². The monoisotopic (exact) mass is 327 g/mol. The van der Waals surface area contributed by atoms with Crippen molar-refractivity contribution in [1.29, 1.82) is 0 Å². The number of nitrogens with zero attached hydrogens (tertiary/aromatic N) is 3. The van der Waals surface area contributed by atoms with Crippen molar-refractivity contribution in [2.45, 2.75) is 37.5 Å². The lowest BCUT2D eigenvalue weighted by atomic mass is 9.89. The molecule has 1 fully saturated rings. The zero-order chi connectivity index (χ0) is 16.4. The van der Waals surface area contributed by atoms with E-state index in [9.17, 15) is 5.11 Å². The van der Waals surface area contributed by atoms with Gasteiger partial charge in [0.25, 0.3) is 0 Å². The van der Waals surface area contributed by atoms with Gasteiger partial charge in [0.15, 0.2) is 0 Å². The van der Waals surface area contributed by atoms with Gasteiger partial charge in [-0.25, -0.2) is 0 Å². The number of ether oxygens (including phenoxy) is 1. The lowest BCUT2D eigenvalue weighted by Crippen LogP contribution is -2.51. The minimum absolute atomic E-state index is 0.137. The average molecular weight is 327 g/mol. The first-order chi connectivity index (χ1) is 11.8. The molecule has 5 heteroatoms. The van der Waals surface area contributed by atoms with Gasteiger partial charge in [-0.05, 0) is 36.5 Å². The predicted octanol–water partition coefficient (Wildman–Crippen LogP) is 2.19. The van der Waals surface area contributed by atoms with Gasteiger partial charge < -0.3 is 9.84 Å². The van der Waals surface area contributed by atoms with Gasteiger partial charge in [0, 0.05) is 32.0 Å². The van der Waals surface area contributed by atoms with Crippen LogP contribution in [-0.2, 0) is 11.2 Å². The summed E-state index contributed by atoms with van der Waals surface area (Å²) in [7, 11) is 0. The summed E-state index contributed by atoms with van der Waals surface area (Å²) in [4.78, 5) is 2.26. The summed E-state index contributed by atoms with van der Waals surface area (Å²) in [5, 5.41) is 14.6. The Kier molecular flexibility index (Phi) is 4.65. The molecule has 1 N–H and O–H groups in total. The van der Waals surface area contributed by atoms with Crippen LogP contribution in [0.5, 0.6) is 0 Å². The van der Waals surface area contributed by atoms with Crippen LogP contribution in [0.1, 0.15) is 36.1 Å². The summed E-state index contributed by atoms with van der Waals surface area (Å²) in [5.41, 5.74) is 2.70. The van der Waals surface area contributed by atoms with Crippen molar-refractivity contribution < 1.29 is 9.84 Å². The molecule has 1 aromatic heterocycles. The lowest BCUT2D eigenvalue weighted by molar-refractivity contribution is -0.0409. The number of hydrogen-bond donors (Lipinski definition) is 1. The number of fused-ring (bicyclic) bond motifs is 1. The normalized spacial score (nSPS) is 22.8. The third kappa shape index (κ3) is 3.38. The molecule has 2 aliphatic rings. The standard InChI is InChI=1S/C19H25N3O2/c23-17(13-21-11-16(12-21)22-10-4-9-20-22)14-24-19-8-3-6-15-5-1-2-7-18(15)19/h1-2,4-5,7,9-10,16-17,19,23H,3,6,8,11-14H2/t17-,19+/m1/s1. The van der Waals surface area contributed by atoms with Crippen molar-refractivity contribution in [2.75, 3.05) is 26.2 Å². The van der Waals surface area contributed by atoms with E-state index in [0.717, 1.165) is 32.4 Å². The highest BCUT2D eigenvalue weighted by Gasteiger charge is 2.30. The number of aromatic nitrogens is 2. The molecule has 5 nitrogen and oxygen atoms in total. The van der Waals surface area contributed by atoms with E-state index in [1.165, 1.54) is 11.1 Å². The van der Waals surface area contributed by atoms with Crippen LogP contribution in [0.4, 0.5) is 0 Å². The van der Waals surface area contributed by atoms with Gasteiger partial charge in [0.1, 0.15) is 0 Å². The van der Waals surface area contributed by atoms with Gasteiger partial charge >= 0.3 is 0 Å². The number of aliphatic hydroxyl groups is 1. The van der Waals surface area contributed by atoms with Crippen molar-refractivity contribution >= 4 is 0 Å². The molecule has 128 valence electrons. The Hall–Kier alpha value is -1.69. The smallest absolute Gasteiger partial charge is 0.0900 e. The first-order valence-electron chi connectivity index (χ1n) is 8.88. The van der Waals surface area contributed by atoms with E-state index in [2.05, 4.69) is 34.3 Å². The fourth-order valence-corrected chi connectivity index (χ4v) is 3.82. The zero-order valence-corrected chi connectivity index (χ0v) is 13.9. The molecule has 2 heterocycles. The minimum Gasteiger partial charge on any atom is -0.389 e. The Morgan fingerprint density at radius 2 is 2.12 bits per heavy atom. The van der Waals surface area contributed by atoms with E-state index in [1.807, 2.05) is 23.1 Å². The van der Waals surface area contributed by atoms with Crippen molar-refractivity contribution in [2.24, 2.45) is 0 Å². The molecule has 2 atom stereocenters. The molecule has 1 aliphatic heterocycles. The van der Waals surface area contributed by atoms with Crippen LogP contribution in [0.3, 0.4) is 0 Å². The second-order valence-electron chi connectivity index (χ2n) is 6.93. The molecule has 1 aromatic carbocycles. The quantitative estimate of drug-likeness (QED) is 0.884. The van der Waals surface area contributed by atoms with Crippen LogP contribution < -0.4 is 0 Å². The highest BCUT2D eigenvalue weighted by atomic mass is 16.5. The number of rotatable bonds is 6. The van der Waals surface area contributed by atoms with Crippen LogP contribution in [0.2, 0.25) is 0 Å². The third-order valence-electron chi connectivity index (χ3n) is 5.11. The Labute approximate surface area is 142 Å². The van der Waals surface area contributed by atoms with Gasteiger partial charge in [0.05, 0.1) is 24.9 Å². The summed E-state index contributed by atoms with van der Waals surface area (Å²) in [6, 6.07) is 10.9. The van der Waals surface area contributed by atoms with E-state index in [0.29, 0.717) is 19.2 Å². The van der Waals surface area contributed by atoms with Crippen LogP contribution in [0, 0.1) is 0 Å². The molecule has 0 bridgehead atoms. The number of benzene rings is 1. The SMILES string of the molecule is O[C@@H](CO[C@H]1CCCc2ccccc21)CN1CC(n2cccn2)C1. The van der Waals surface area contributed by atoms with E-state index >= 15 is 0 Å². The second-order valence-corrected chi connectivity index (χ2v) is 6.93. The molecule has 0 spiro atoms. The molecule has 0 unspecified atom stereocenters. The maximum atomic E-state index is 10.3. The molecular formula is C19H25N3O2. The first kappa shape index (κ1) is 15.8. The lowest BCUT2D eigenvalue weighted by Gasteiger charge is -2.40. The topological polar surface area (TPSA) is 50.5 Å². The maximum Gasteiger partial charge on any atom is 0.0900 e. The molecule has 1 saturated heterocycles. The van der Waals surface area contributed by atoms with Gasteiger partial charge in [-0.15, -0.1) is 0 Å². The summed E-state index contributed by atoms with van der Waals surface area (Å²) in [6.07, 6.45) is 6.87. The van der Waals surface area contributed by atoms with Crippen LogP contribution >= 0.6 is 0 Å². The van der Waals surface area contributed by atoms with Gasteiger partial charge in [-0.1, -0.05) is 24.3 Å². The molecular weight excluding hydrogens is 302 g/mol. The minimum atomic E-state index is -0.433. The number of likely N-dealkylation sites (tertiary alicyclic amines) is 1. The average Bonchev–Trinajstić information content (AvgIpc) is 3.09. The Morgan fingerprint density at radius 3 is 2.96 bits per heavy atom. The second kappa shape index (κ2) is 7.05. The predicted molar refractivity (Wildman–Crippen MR) is 91.8 cm³/mol. The summed E-state index contributed by atoms with van der Waals surface area (Å²) in [6.45, 7) is 2.98. The molecule has 24 heavy (non-hydrogen) atoms. The van der Waals surface area contributed by atoms with Crippen LogP contribution in [0.15, 0.2) is 42.7 Å². The van der Waals surface area contributed by atoms with E-state index in [-0.39, 0.29) is 6.10 Å². The first-order valence-corrected chi connectivity index (χ1v) is 8.88. The summed E-state index contributed by atoms with van der Waals surface area (Å²) in [5.74, 6) is 0. The van der Waals surface area contributed by atoms with Crippen LogP contribution in [-0.4, -0.2) is 52.1 Å². The molecule has 0 amide bonds. The van der Waals surface area contributed by atoms with E-state index in [1.54, 1.807) is 0 Å². The summed E-state index contributed by atoms with van der Waals surface area (Å²) >= 11 is 0. The zero-order valence-electron chi connectivity index (χ0n) is 13.9. The van der Waals surface area contributed by atoms with Crippen molar-refractivity contribution in [3.63, 3.8) is 0 Å². The van der Waals surface area contributed by atoms with Crippen molar-refractivity contribution in [1.82, 2.24) is 14.7 Å². The molecule has 4 rings (SSSR count).